The van der Waals surface area contributed by atoms with Crippen LogP contribution in [0.5, 0.6) is 0 Å². The molecule has 1 amide bonds. The molecule has 6 rings (SSSR count). The number of carbonyl (C=O) groups is 1. The Morgan fingerprint density at radius 1 is 1.05 bits per heavy atom. The Morgan fingerprint density at radius 2 is 1.75 bits per heavy atom. The predicted octanol–water partition coefficient (Wildman–Crippen LogP) is 5.27. The second kappa shape index (κ2) is 8.97. The highest BCUT2D eigenvalue weighted by Crippen LogP contribution is 2.51. The van der Waals surface area contributed by atoms with E-state index in [2.05, 4.69) is 15.4 Å². The molecule has 2 N–H and O–H groups in total. The van der Waals surface area contributed by atoms with Gasteiger partial charge in [0.15, 0.2) is 5.69 Å². The number of benzene rings is 2. The zero-order valence-electron chi connectivity index (χ0n) is 22.2. The molecule has 8 nitrogen and oxygen atoms in total. The van der Waals surface area contributed by atoms with Crippen LogP contribution in [-0.2, 0) is 10.3 Å². The van der Waals surface area contributed by atoms with Crippen LogP contribution < -0.4 is 15.7 Å². The second-order valence-electron chi connectivity index (χ2n) is 11.2. The minimum absolute atomic E-state index is 0.340. The van der Waals surface area contributed by atoms with Gasteiger partial charge in [0.2, 0.25) is 0 Å². The lowest BCUT2D eigenvalue weighted by atomic mass is 9.69. The summed E-state index contributed by atoms with van der Waals surface area (Å²) in [7, 11) is 0. The van der Waals surface area contributed by atoms with E-state index in [1.807, 2.05) is 36.4 Å². The summed E-state index contributed by atoms with van der Waals surface area (Å²) in [6, 6.07) is 20.4. The fourth-order valence-corrected chi connectivity index (χ4v) is 5.33. The van der Waals surface area contributed by atoms with E-state index in [4.69, 9.17) is 4.74 Å². The fraction of sp³-hybridized carbons (Fsp3) is 0.267. The van der Waals surface area contributed by atoms with E-state index >= 15 is 0 Å². The van der Waals surface area contributed by atoms with Gasteiger partial charge in [-0.1, -0.05) is 42.5 Å². The molecule has 0 radical (unpaired) electrons. The van der Waals surface area contributed by atoms with Crippen LogP contribution in [0.1, 0.15) is 39.2 Å². The topological polar surface area (TPSA) is 92.4 Å². The molecule has 1 saturated carbocycles. The molecular formula is C30H28F2N5O3+. The van der Waals surface area contributed by atoms with Gasteiger partial charge in [-0.3, -0.25) is 4.98 Å². The second-order valence-corrected chi connectivity index (χ2v) is 11.2. The first-order valence-electron chi connectivity index (χ1n) is 12.9. The number of ether oxygens (including phenoxy) is 1. The molecule has 0 unspecified atom stereocenters. The molecule has 3 aromatic heterocycles. The third-order valence-electron chi connectivity index (χ3n) is 7.05. The number of H-pyrrole nitrogens is 1. The maximum absolute atomic E-state index is 14.1. The van der Waals surface area contributed by atoms with Gasteiger partial charge in [-0.15, -0.1) is 14.2 Å². The van der Waals surface area contributed by atoms with Gasteiger partial charge >= 0.3 is 17.4 Å². The number of hydrogen-bond donors (Lipinski definition) is 2. The summed E-state index contributed by atoms with van der Waals surface area (Å²) in [4.78, 5) is 30.0. The zero-order valence-corrected chi connectivity index (χ0v) is 22.2. The fourth-order valence-electron chi connectivity index (χ4n) is 5.33. The summed E-state index contributed by atoms with van der Waals surface area (Å²) < 4.78 is 36.7. The normalized spacial score (nSPS) is 16.0. The van der Waals surface area contributed by atoms with Crippen LogP contribution in [0.15, 0.2) is 83.9 Å². The SMILES string of the molecule is CC(C)(C)OC(=O)NC1(c2ccc(-[n+]3[nH]c(=O)n4ccc5ncc(-c6ccccc6)cc5c43)cc2)CC(F)(F)C1. The summed E-state index contributed by atoms with van der Waals surface area (Å²) in [6.07, 6.45) is 1.64. The first-order chi connectivity index (χ1) is 18.9. The Morgan fingerprint density at radius 3 is 2.40 bits per heavy atom. The average Bonchev–Trinajstić information content (AvgIpc) is 3.23. The Hall–Kier alpha value is -4.60. The van der Waals surface area contributed by atoms with Crippen molar-refractivity contribution in [3.63, 3.8) is 0 Å². The van der Waals surface area contributed by atoms with Gasteiger partial charge in [0.25, 0.3) is 5.92 Å². The molecule has 0 saturated heterocycles. The first kappa shape index (κ1) is 25.7. The lowest BCUT2D eigenvalue weighted by molar-refractivity contribution is -0.631. The molecule has 10 heteroatoms. The highest BCUT2D eigenvalue weighted by atomic mass is 19.3. The smallest absolute Gasteiger partial charge is 0.444 e. The number of nitrogens with one attached hydrogen (secondary N) is 2. The molecule has 1 aliphatic rings. The number of alkyl carbamates (subject to hydrolysis) is 1. The minimum atomic E-state index is -2.89. The highest BCUT2D eigenvalue weighted by molar-refractivity contribution is 5.92. The van der Waals surface area contributed by atoms with Crippen LogP contribution in [0.3, 0.4) is 0 Å². The molecule has 0 atom stereocenters. The van der Waals surface area contributed by atoms with Crippen molar-refractivity contribution in [3.8, 4) is 16.8 Å². The number of halogens is 2. The molecule has 3 heterocycles. The van der Waals surface area contributed by atoms with Crippen LogP contribution >= 0.6 is 0 Å². The lowest BCUT2D eigenvalue weighted by Crippen LogP contribution is -2.60. The van der Waals surface area contributed by atoms with Gasteiger partial charge in [-0.05, 0) is 50.1 Å². The van der Waals surface area contributed by atoms with E-state index in [9.17, 15) is 18.4 Å². The molecule has 1 fully saturated rings. The molecule has 5 aromatic rings. The molecule has 40 heavy (non-hydrogen) atoms. The van der Waals surface area contributed by atoms with Gasteiger partial charge in [-0.25, -0.2) is 18.4 Å². The number of nitrogens with zero attached hydrogens (tertiary/aromatic N) is 3. The van der Waals surface area contributed by atoms with E-state index in [1.54, 1.807) is 68.2 Å². The maximum Gasteiger partial charge on any atom is 0.449 e. The number of alkyl halides is 2. The number of amides is 1. The quantitative estimate of drug-likeness (QED) is 0.302. The molecule has 0 spiro atoms. The number of fused-ring (bicyclic) bond motifs is 3. The summed E-state index contributed by atoms with van der Waals surface area (Å²) in [5.41, 5.74) is 1.96. The van der Waals surface area contributed by atoms with Crippen molar-refractivity contribution in [2.24, 2.45) is 0 Å². The van der Waals surface area contributed by atoms with Gasteiger partial charge in [0.1, 0.15) is 11.8 Å². The van der Waals surface area contributed by atoms with Crippen molar-refractivity contribution in [3.05, 3.63) is 95.2 Å². The maximum atomic E-state index is 14.1. The van der Waals surface area contributed by atoms with E-state index < -0.39 is 36.0 Å². The van der Waals surface area contributed by atoms with E-state index in [1.165, 1.54) is 4.40 Å². The molecule has 204 valence electrons. The van der Waals surface area contributed by atoms with Crippen LogP contribution in [0.4, 0.5) is 13.6 Å². The summed E-state index contributed by atoms with van der Waals surface area (Å²) >= 11 is 0. The zero-order chi connectivity index (χ0) is 28.3. The van der Waals surface area contributed by atoms with Gasteiger partial charge in [-0.2, -0.15) is 0 Å². The van der Waals surface area contributed by atoms with Gasteiger partial charge in [0.05, 0.1) is 16.4 Å². The van der Waals surface area contributed by atoms with E-state index in [0.717, 1.165) is 16.5 Å². The van der Waals surface area contributed by atoms with Crippen molar-refractivity contribution >= 4 is 22.6 Å². The third kappa shape index (κ3) is 4.59. The van der Waals surface area contributed by atoms with Crippen LogP contribution in [0.2, 0.25) is 0 Å². The van der Waals surface area contributed by atoms with Crippen LogP contribution in [0.25, 0.3) is 33.4 Å². The monoisotopic (exact) mass is 544 g/mol. The van der Waals surface area contributed by atoms with Crippen molar-refractivity contribution < 1.29 is 23.0 Å². The predicted molar refractivity (Wildman–Crippen MR) is 146 cm³/mol. The number of pyridine rings is 2. The van der Waals surface area contributed by atoms with Crippen molar-refractivity contribution in [2.45, 2.75) is 50.7 Å². The van der Waals surface area contributed by atoms with Crippen molar-refractivity contribution in [1.82, 2.24) is 19.8 Å². The summed E-state index contributed by atoms with van der Waals surface area (Å²) in [5.74, 6) is -2.89. The molecule has 1 aliphatic carbocycles. The first-order valence-corrected chi connectivity index (χ1v) is 12.9. The highest BCUT2D eigenvalue weighted by Gasteiger charge is 2.58. The Bertz CT molecular complexity index is 1800. The number of aromatic amines is 1. The molecular weight excluding hydrogens is 516 g/mol. The largest absolute Gasteiger partial charge is 0.449 e. The van der Waals surface area contributed by atoms with Gasteiger partial charge < -0.3 is 10.1 Å². The van der Waals surface area contributed by atoms with Crippen molar-refractivity contribution in [2.75, 3.05) is 0 Å². The van der Waals surface area contributed by atoms with Crippen molar-refractivity contribution in [1.29, 1.82) is 0 Å². The standard InChI is InChI=1S/C30H27F2N5O3/c1-28(2,3)40-27(39)34-29(17-30(31,32)18-29)21-9-11-22(12-10-21)37-25-23-15-20(19-7-5-4-6-8-19)16-33-24(23)13-14-36(25)26(38)35-37/h4-16H,17-18H2,1-3H3,(H-,34,35,38,39)/p+1. The Labute approximate surface area is 228 Å². The van der Waals surface area contributed by atoms with E-state index in [-0.39, 0.29) is 5.69 Å². The molecule has 0 aliphatic heterocycles. The lowest BCUT2D eigenvalue weighted by Gasteiger charge is -2.48. The number of carbonyl (C=O) groups excluding carboxylic acids is 1. The van der Waals surface area contributed by atoms with Crippen LogP contribution in [-0.4, -0.2) is 32.1 Å². The Balaban J connectivity index is 1.41. The number of aromatic nitrogens is 4. The summed E-state index contributed by atoms with van der Waals surface area (Å²) in [5, 5.41) is 6.30. The van der Waals surface area contributed by atoms with E-state index in [0.29, 0.717) is 22.4 Å². The summed E-state index contributed by atoms with van der Waals surface area (Å²) in [6.45, 7) is 5.14. The molecule has 2 aromatic carbocycles. The number of rotatable bonds is 4. The van der Waals surface area contributed by atoms with Gasteiger partial charge in [0, 0.05) is 30.7 Å². The minimum Gasteiger partial charge on any atom is -0.444 e. The third-order valence-corrected chi connectivity index (χ3v) is 7.05. The molecule has 0 bridgehead atoms. The number of hydrogen-bond acceptors (Lipinski definition) is 4. The van der Waals surface area contributed by atoms with Crippen LogP contribution in [0, 0.1) is 0 Å². The Kier molecular flexibility index (Phi) is 5.76. The average molecular weight is 545 g/mol.